The van der Waals surface area contributed by atoms with E-state index in [0.717, 1.165) is 34.8 Å². The smallest absolute Gasteiger partial charge is 0.160 e. The van der Waals surface area contributed by atoms with Gasteiger partial charge in [-0.25, -0.2) is 0 Å². The second-order valence-corrected chi connectivity index (χ2v) is 7.29. The highest BCUT2D eigenvalue weighted by Crippen LogP contribution is 2.36. The summed E-state index contributed by atoms with van der Waals surface area (Å²) in [5, 5.41) is 11.4. The van der Waals surface area contributed by atoms with Gasteiger partial charge in [0.1, 0.15) is 0 Å². The largest absolute Gasteiger partial charge is 0.342 e. The highest BCUT2D eigenvalue weighted by Gasteiger charge is 2.28. The molecule has 5 heteroatoms. The van der Waals surface area contributed by atoms with E-state index in [0.29, 0.717) is 11.4 Å². The zero-order chi connectivity index (χ0) is 16.6. The number of hydrogen-bond acceptors (Lipinski definition) is 3. The van der Waals surface area contributed by atoms with Gasteiger partial charge in [-0.2, -0.15) is 5.10 Å². The number of halogens is 1. The summed E-state index contributed by atoms with van der Waals surface area (Å²) in [4.78, 5) is 11.9. The van der Waals surface area contributed by atoms with Crippen LogP contribution in [0.15, 0.2) is 36.0 Å². The maximum absolute atomic E-state index is 11.9. The number of ketones is 1. The van der Waals surface area contributed by atoms with Crippen LogP contribution in [0.25, 0.3) is 11.1 Å². The average Bonchev–Trinajstić information content (AvgIpc) is 2.78. The van der Waals surface area contributed by atoms with E-state index >= 15 is 0 Å². The summed E-state index contributed by atoms with van der Waals surface area (Å²) in [5.74, 6) is 0.894. The predicted molar refractivity (Wildman–Crippen MR) is 93.5 cm³/mol. The standard InChI is InChI=1S/C18H20ClN3O/c1-11-16(12-4-6-13(19)7-5-12)17(22-21-11)20-14-8-15(23)10-18(2,3)9-14/h4-8H,9-10H2,1-3H3,(H2,20,21,22). The monoisotopic (exact) mass is 329 g/mol. The quantitative estimate of drug-likeness (QED) is 0.856. The molecule has 2 N–H and O–H groups in total. The van der Waals surface area contributed by atoms with Crippen LogP contribution in [0.1, 0.15) is 32.4 Å². The van der Waals surface area contributed by atoms with Crippen molar-refractivity contribution in [1.29, 1.82) is 0 Å². The molecule has 0 spiro atoms. The molecule has 0 saturated heterocycles. The van der Waals surface area contributed by atoms with E-state index in [1.807, 2.05) is 31.2 Å². The molecule has 0 bridgehead atoms. The molecule has 0 radical (unpaired) electrons. The SMILES string of the molecule is Cc1[nH]nc(NC2=CC(=O)CC(C)(C)C2)c1-c1ccc(Cl)cc1. The zero-order valence-electron chi connectivity index (χ0n) is 13.5. The lowest BCUT2D eigenvalue weighted by atomic mass is 9.79. The lowest BCUT2D eigenvalue weighted by molar-refractivity contribution is -0.117. The van der Waals surface area contributed by atoms with Crippen LogP contribution in [0.3, 0.4) is 0 Å². The van der Waals surface area contributed by atoms with Crippen LogP contribution in [0.4, 0.5) is 5.82 Å². The van der Waals surface area contributed by atoms with Crippen molar-refractivity contribution in [1.82, 2.24) is 10.2 Å². The lowest BCUT2D eigenvalue weighted by Crippen LogP contribution is -2.24. The van der Waals surface area contributed by atoms with Gasteiger partial charge in [0, 0.05) is 34.5 Å². The van der Waals surface area contributed by atoms with E-state index in [-0.39, 0.29) is 11.2 Å². The van der Waals surface area contributed by atoms with Gasteiger partial charge in [0.25, 0.3) is 0 Å². The number of carbonyl (C=O) groups excluding carboxylic acids is 1. The van der Waals surface area contributed by atoms with Crippen LogP contribution in [-0.4, -0.2) is 16.0 Å². The van der Waals surface area contributed by atoms with E-state index in [9.17, 15) is 4.79 Å². The minimum absolute atomic E-state index is 0.0278. The normalized spacial score (nSPS) is 17.0. The topological polar surface area (TPSA) is 57.8 Å². The molecule has 0 atom stereocenters. The summed E-state index contributed by atoms with van der Waals surface area (Å²) in [6, 6.07) is 7.66. The van der Waals surface area contributed by atoms with Gasteiger partial charge in [-0.05, 0) is 36.5 Å². The van der Waals surface area contributed by atoms with Crippen molar-refractivity contribution in [2.75, 3.05) is 5.32 Å². The van der Waals surface area contributed by atoms with Crippen molar-refractivity contribution >= 4 is 23.2 Å². The van der Waals surface area contributed by atoms with Gasteiger partial charge in [-0.3, -0.25) is 9.89 Å². The first-order valence-electron chi connectivity index (χ1n) is 7.65. The molecule has 1 aromatic carbocycles. The Morgan fingerprint density at radius 1 is 1.22 bits per heavy atom. The number of nitrogens with zero attached hydrogens (tertiary/aromatic N) is 1. The Morgan fingerprint density at radius 2 is 1.91 bits per heavy atom. The van der Waals surface area contributed by atoms with Crippen molar-refractivity contribution in [3.63, 3.8) is 0 Å². The number of H-pyrrole nitrogens is 1. The fourth-order valence-electron chi connectivity index (χ4n) is 3.07. The Hall–Kier alpha value is -2.07. The number of aromatic amines is 1. The maximum atomic E-state index is 11.9. The number of benzene rings is 1. The molecule has 120 valence electrons. The van der Waals surface area contributed by atoms with Gasteiger partial charge in [0.15, 0.2) is 11.6 Å². The molecule has 0 fully saturated rings. The molecule has 3 rings (SSSR count). The van der Waals surface area contributed by atoms with Crippen molar-refractivity contribution in [3.05, 3.63) is 46.8 Å². The molecule has 0 unspecified atom stereocenters. The Morgan fingerprint density at radius 3 is 2.57 bits per heavy atom. The van der Waals surface area contributed by atoms with Crippen LogP contribution in [-0.2, 0) is 4.79 Å². The molecule has 1 aliphatic rings. The predicted octanol–water partition coefficient (Wildman–Crippen LogP) is 4.72. The second kappa shape index (κ2) is 5.85. The van der Waals surface area contributed by atoms with E-state index < -0.39 is 0 Å². The van der Waals surface area contributed by atoms with Crippen molar-refractivity contribution < 1.29 is 4.79 Å². The molecule has 23 heavy (non-hydrogen) atoms. The van der Waals surface area contributed by atoms with Gasteiger partial charge < -0.3 is 5.32 Å². The van der Waals surface area contributed by atoms with E-state index in [1.54, 1.807) is 6.08 Å². The summed E-state index contributed by atoms with van der Waals surface area (Å²) < 4.78 is 0. The fourth-order valence-corrected chi connectivity index (χ4v) is 3.19. The molecular formula is C18H20ClN3O. The Balaban J connectivity index is 1.93. The molecule has 1 aliphatic carbocycles. The van der Waals surface area contributed by atoms with Gasteiger partial charge in [0.2, 0.25) is 0 Å². The van der Waals surface area contributed by atoms with Crippen LogP contribution in [0.2, 0.25) is 5.02 Å². The number of anilines is 1. The third kappa shape index (κ3) is 3.48. The third-order valence-corrected chi connectivity index (χ3v) is 4.27. The van der Waals surface area contributed by atoms with E-state index in [1.165, 1.54) is 0 Å². The average molecular weight is 330 g/mol. The molecule has 1 heterocycles. The molecule has 0 aliphatic heterocycles. The second-order valence-electron chi connectivity index (χ2n) is 6.86. The number of nitrogens with one attached hydrogen (secondary N) is 2. The number of carbonyl (C=O) groups is 1. The molecular weight excluding hydrogens is 310 g/mol. The first-order chi connectivity index (χ1) is 10.8. The van der Waals surface area contributed by atoms with Crippen molar-refractivity contribution in [2.24, 2.45) is 5.41 Å². The van der Waals surface area contributed by atoms with Gasteiger partial charge in [-0.1, -0.05) is 37.6 Å². The fraction of sp³-hybridized carbons (Fsp3) is 0.333. The highest BCUT2D eigenvalue weighted by molar-refractivity contribution is 6.30. The summed E-state index contributed by atoms with van der Waals surface area (Å²) in [6.45, 7) is 6.19. The van der Waals surface area contributed by atoms with E-state index in [2.05, 4.69) is 29.4 Å². The molecule has 2 aromatic rings. The van der Waals surface area contributed by atoms with Crippen LogP contribution < -0.4 is 5.32 Å². The van der Waals surface area contributed by atoms with E-state index in [4.69, 9.17) is 11.6 Å². The maximum Gasteiger partial charge on any atom is 0.160 e. The molecule has 1 aromatic heterocycles. The minimum Gasteiger partial charge on any atom is -0.342 e. The van der Waals surface area contributed by atoms with Crippen molar-refractivity contribution in [3.8, 4) is 11.1 Å². The first-order valence-corrected chi connectivity index (χ1v) is 8.03. The molecule has 0 saturated carbocycles. The van der Waals surface area contributed by atoms with Gasteiger partial charge >= 0.3 is 0 Å². The number of aromatic nitrogens is 2. The van der Waals surface area contributed by atoms with Crippen LogP contribution in [0.5, 0.6) is 0 Å². The van der Waals surface area contributed by atoms with Gasteiger partial charge in [-0.15, -0.1) is 0 Å². The summed E-state index contributed by atoms with van der Waals surface area (Å²) in [5.41, 5.74) is 3.88. The number of hydrogen-bond donors (Lipinski definition) is 2. The molecule has 4 nitrogen and oxygen atoms in total. The molecule has 0 amide bonds. The summed E-state index contributed by atoms with van der Waals surface area (Å²) in [6.07, 6.45) is 3.10. The van der Waals surface area contributed by atoms with Crippen LogP contribution in [0, 0.1) is 12.3 Å². The van der Waals surface area contributed by atoms with Crippen LogP contribution >= 0.6 is 11.6 Å². The minimum atomic E-state index is -0.0278. The summed E-state index contributed by atoms with van der Waals surface area (Å²) in [7, 11) is 0. The third-order valence-electron chi connectivity index (χ3n) is 4.02. The zero-order valence-corrected chi connectivity index (χ0v) is 14.3. The number of aryl methyl sites for hydroxylation is 1. The first kappa shape index (κ1) is 15.8. The Kier molecular flexibility index (Phi) is 4.02. The number of rotatable bonds is 3. The van der Waals surface area contributed by atoms with Crippen molar-refractivity contribution in [2.45, 2.75) is 33.6 Å². The Labute approximate surface area is 140 Å². The lowest BCUT2D eigenvalue weighted by Gasteiger charge is -2.29. The highest BCUT2D eigenvalue weighted by atomic mass is 35.5. The Bertz CT molecular complexity index is 772. The van der Waals surface area contributed by atoms with Gasteiger partial charge in [0.05, 0.1) is 0 Å². The summed E-state index contributed by atoms with van der Waals surface area (Å²) >= 11 is 5.97. The number of allylic oxidation sites excluding steroid dienone is 2.